The van der Waals surface area contributed by atoms with Crippen LogP contribution in [0.25, 0.3) is 11.3 Å². The Balaban J connectivity index is 1.61. The highest BCUT2D eigenvalue weighted by molar-refractivity contribution is 6.02. The fourth-order valence-corrected chi connectivity index (χ4v) is 4.51. The molecule has 3 N–H and O–H groups in total. The van der Waals surface area contributed by atoms with Crippen molar-refractivity contribution in [2.75, 3.05) is 25.0 Å². The molecule has 0 radical (unpaired) electrons. The lowest BCUT2D eigenvalue weighted by atomic mass is 9.87. The number of fused-ring (bicyclic) bond motifs is 1. The highest BCUT2D eigenvalue weighted by Gasteiger charge is 2.32. The summed E-state index contributed by atoms with van der Waals surface area (Å²) >= 11 is 0. The number of carbonyl (C=O) groups is 2. The van der Waals surface area contributed by atoms with E-state index in [1.54, 1.807) is 12.1 Å². The van der Waals surface area contributed by atoms with Gasteiger partial charge in [0.2, 0.25) is 5.91 Å². The maximum Gasteiger partial charge on any atom is 0.330 e. The van der Waals surface area contributed by atoms with E-state index in [0.717, 1.165) is 37.1 Å². The minimum atomic E-state index is -0.482. The molecule has 3 amide bonds. The molecule has 168 valence electrons. The van der Waals surface area contributed by atoms with Gasteiger partial charge in [-0.15, -0.1) is 0 Å². The average Bonchev–Trinajstić information content (AvgIpc) is 3.61. The summed E-state index contributed by atoms with van der Waals surface area (Å²) in [5.74, 6) is 1.62. The summed E-state index contributed by atoms with van der Waals surface area (Å²) in [5, 5.41) is 17.0. The molecule has 1 unspecified atom stereocenters. The van der Waals surface area contributed by atoms with Crippen LogP contribution in [0.3, 0.4) is 0 Å². The topological polar surface area (TPSA) is 104 Å². The maximum atomic E-state index is 12.5. The fourth-order valence-electron chi connectivity index (χ4n) is 4.51. The van der Waals surface area contributed by atoms with E-state index in [1.807, 2.05) is 12.1 Å². The Morgan fingerprint density at radius 2 is 2.16 bits per heavy atom. The first kappa shape index (κ1) is 20.8. The van der Waals surface area contributed by atoms with Crippen LogP contribution in [-0.2, 0) is 11.3 Å². The molecule has 8 heteroatoms. The molecule has 1 aromatic heterocycles. The largest absolute Gasteiger partial charge is 0.507 e. The van der Waals surface area contributed by atoms with Crippen LogP contribution in [0.1, 0.15) is 49.7 Å². The van der Waals surface area contributed by atoms with E-state index >= 15 is 0 Å². The van der Waals surface area contributed by atoms with E-state index in [4.69, 9.17) is 9.72 Å². The Morgan fingerprint density at radius 3 is 2.88 bits per heavy atom. The van der Waals surface area contributed by atoms with Crippen molar-refractivity contribution in [2.45, 2.75) is 45.1 Å². The zero-order valence-electron chi connectivity index (χ0n) is 18.2. The van der Waals surface area contributed by atoms with Crippen LogP contribution in [0, 0.1) is 5.92 Å². The molecule has 0 spiro atoms. The number of hydrogen-bond donors (Lipinski definition) is 3. The lowest BCUT2D eigenvalue weighted by molar-refractivity contribution is -0.126. The van der Waals surface area contributed by atoms with Crippen LogP contribution >= 0.6 is 0 Å². The number of aromatic nitrogens is 1. The number of imide groups is 1. The summed E-state index contributed by atoms with van der Waals surface area (Å²) in [7, 11) is 0. The van der Waals surface area contributed by atoms with Crippen LogP contribution in [-0.4, -0.2) is 46.6 Å². The minimum absolute atomic E-state index is 0.0889. The second-order valence-electron chi connectivity index (χ2n) is 8.91. The van der Waals surface area contributed by atoms with Crippen LogP contribution in [0.2, 0.25) is 0 Å². The molecule has 3 heterocycles. The van der Waals surface area contributed by atoms with Gasteiger partial charge in [0.05, 0.1) is 24.4 Å². The molecule has 2 aromatic rings. The van der Waals surface area contributed by atoms with Crippen LogP contribution in [0.15, 0.2) is 24.3 Å². The zero-order valence-corrected chi connectivity index (χ0v) is 18.2. The first-order valence-corrected chi connectivity index (χ1v) is 11.3. The molecule has 8 nitrogen and oxygen atoms in total. The number of hydrogen-bond acceptors (Lipinski definition) is 6. The number of aromatic hydroxyl groups is 1. The number of phenolic OH excluding ortho intramolecular Hbond substituents is 1. The van der Waals surface area contributed by atoms with Gasteiger partial charge in [-0.25, -0.2) is 9.78 Å². The van der Waals surface area contributed by atoms with Gasteiger partial charge in [0.1, 0.15) is 17.3 Å². The number of piperidine rings is 1. The number of phenols is 1. The summed E-state index contributed by atoms with van der Waals surface area (Å²) < 4.78 is 6.04. The molecule has 1 aromatic carbocycles. The van der Waals surface area contributed by atoms with Gasteiger partial charge < -0.3 is 15.2 Å². The number of urea groups is 1. The van der Waals surface area contributed by atoms with Crippen molar-refractivity contribution < 1.29 is 19.4 Å². The summed E-state index contributed by atoms with van der Waals surface area (Å²) in [5.41, 5.74) is 2.99. The Bertz CT molecular complexity index is 1060. The van der Waals surface area contributed by atoms with E-state index in [0.29, 0.717) is 35.3 Å². The molecule has 5 rings (SSSR count). The molecule has 1 saturated carbocycles. The normalized spacial score (nSPS) is 20.5. The van der Waals surface area contributed by atoms with E-state index in [-0.39, 0.29) is 24.1 Å². The summed E-state index contributed by atoms with van der Waals surface area (Å²) in [6.45, 7) is 3.99. The third-order valence-corrected chi connectivity index (χ3v) is 6.49. The number of carbonyl (C=O) groups excluding carboxylic acids is 2. The first-order chi connectivity index (χ1) is 15.5. The second-order valence-corrected chi connectivity index (χ2v) is 8.91. The van der Waals surface area contributed by atoms with Crippen molar-refractivity contribution in [1.29, 1.82) is 0 Å². The van der Waals surface area contributed by atoms with Crippen molar-refractivity contribution in [1.82, 2.24) is 15.2 Å². The molecule has 1 aliphatic carbocycles. The van der Waals surface area contributed by atoms with Gasteiger partial charge in [0.25, 0.3) is 0 Å². The monoisotopic (exact) mass is 436 g/mol. The van der Waals surface area contributed by atoms with Gasteiger partial charge >= 0.3 is 6.03 Å². The SMILES string of the molecule is CC(=O)N1Cc2c(C3CCCNC3)cc(-c3c(O)cccc3OCC3CC3)nc2NC1=O. The van der Waals surface area contributed by atoms with Gasteiger partial charge in [-0.1, -0.05) is 6.07 Å². The molecule has 0 bridgehead atoms. The number of rotatable bonds is 5. The lowest BCUT2D eigenvalue weighted by Gasteiger charge is -2.32. The fraction of sp³-hybridized carbons (Fsp3) is 0.458. The molecular formula is C24H28N4O4. The van der Waals surface area contributed by atoms with Crippen LogP contribution in [0.5, 0.6) is 11.5 Å². The highest BCUT2D eigenvalue weighted by atomic mass is 16.5. The van der Waals surface area contributed by atoms with Gasteiger partial charge in [0.15, 0.2) is 0 Å². The lowest BCUT2D eigenvalue weighted by Crippen LogP contribution is -2.42. The van der Waals surface area contributed by atoms with Crippen molar-refractivity contribution in [2.24, 2.45) is 5.92 Å². The van der Waals surface area contributed by atoms with E-state index in [9.17, 15) is 14.7 Å². The number of anilines is 1. The number of ether oxygens (including phenoxy) is 1. The van der Waals surface area contributed by atoms with Crippen molar-refractivity contribution in [3.8, 4) is 22.8 Å². The number of nitrogens with one attached hydrogen (secondary N) is 2. The van der Waals surface area contributed by atoms with E-state index in [1.165, 1.54) is 24.7 Å². The zero-order chi connectivity index (χ0) is 22.2. The smallest absolute Gasteiger partial charge is 0.330 e. The van der Waals surface area contributed by atoms with Gasteiger partial charge in [-0.2, -0.15) is 0 Å². The molecule has 32 heavy (non-hydrogen) atoms. The standard InChI is InChI=1S/C24H28N4O4/c1-14(29)28-12-18-17(16-4-3-9-25-11-16)10-19(26-23(18)27-24(28)31)22-20(30)5-2-6-21(22)32-13-15-7-8-15/h2,5-6,10,15-16,25,30H,3-4,7-9,11-13H2,1H3,(H,26,27,31). The number of benzene rings is 1. The van der Waals surface area contributed by atoms with Crippen molar-refractivity contribution in [3.05, 3.63) is 35.4 Å². The van der Waals surface area contributed by atoms with Gasteiger partial charge in [-0.05, 0) is 67.8 Å². The average molecular weight is 437 g/mol. The Kier molecular flexibility index (Phi) is 5.46. The van der Waals surface area contributed by atoms with Crippen LogP contribution < -0.4 is 15.4 Å². The molecule has 1 saturated heterocycles. The molecule has 1 atom stereocenters. The Hall–Kier alpha value is -3.13. The summed E-state index contributed by atoms with van der Waals surface area (Å²) in [4.78, 5) is 30.4. The predicted octanol–water partition coefficient (Wildman–Crippen LogP) is 3.60. The number of nitrogens with zero attached hydrogens (tertiary/aromatic N) is 2. The summed E-state index contributed by atoms with van der Waals surface area (Å²) in [6, 6.07) is 6.74. The molecule has 2 aliphatic heterocycles. The second kappa shape index (κ2) is 8.43. The maximum absolute atomic E-state index is 12.5. The molecular weight excluding hydrogens is 408 g/mol. The molecule has 2 fully saturated rings. The third kappa shape index (κ3) is 4.02. The van der Waals surface area contributed by atoms with Crippen LogP contribution in [0.4, 0.5) is 10.6 Å². The third-order valence-electron chi connectivity index (χ3n) is 6.49. The van der Waals surface area contributed by atoms with Crippen molar-refractivity contribution in [3.63, 3.8) is 0 Å². The predicted molar refractivity (Wildman–Crippen MR) is 120 cm³/mol. The first-order valence-electron chi connectivity index (χ1n) is 11.3. The Morgan fingerprint density at radius 1 is 1.31 bits per heavy atom. The van der Waals surface area contributed by atoms with E-state index in [2.05, 4.69) is 10.6 Å². The highest BCUT2D eigenvalue weighted by Crippen LogP contribution is 2.42. The van der Waals surface area contributed by atoms with Gasteiger partial charge in [0, 0.05) is 19.0 Å². The summed E-state index contributed by atoms with van der Waals surface area (Å²) in [6.07, 6.45) is 4.39. The minimum Gasteiger partial charge on any atom is -0.507 e. The Labute approximate surface area is 187 Å². The quantitative estimate of drug-likeness (QED) is 0.662. The van der Waals surface area contributed by atoms with E-state index < -0.39 is 6.03 Å². The number of pyridine rings is 1. The molecule has 3 aliphatic rings. The van der Waals surface area contributed by atoms with Gasteiger partial charge in [-0.3, -0.25) is 15.0 Å². The van der Waals surface area contributed by atoms with Crippen molar-refractivity contribution >= 4 is 17.8 Å². The number of amides is 3.